The van der Waals surface area contributed by atoms with Crippen LogP contribution in [0.15, 0.2) is 24.3 Å². The Morgan fingerprint density at radius 3 is 2.90 bits per heavy atom. The van der Waals surface area contributed by atoms with Crippen molar-refractivity contribution >= 4 is 5.91 Å². The van der Waals surface area contributed by atoms with Crippen LogP contribution in [0, 0.1) is 6.92 Å². The molecule has 0 bridgehead atoms. The second-order valence-corrected chi connectivity index (χ2v) is 4.26. The lowest BCUT2D eigenvalue weighted by Crippen LogP contribution is -2.26. The highest BCUT2D eigenvalue weighted by Crippen LogP contribution is 2.14. The van der Waals surface area contributed by atoms with Crippen LogP contribution in [0.4, 0.5) is 0 Å². The summed E-state index contributed by atoms with van der Waals surface area (Å²) < 4.78 is 6.49. The molecule has 1 amide bonds. The number of carbonyl (C=O) groups is 1. The summed E-state index contributed by atoms with van der Waals surface area (Å²) in [5, 5.41) is 14.2. The lowest BCUT2D eigenvalue weighted by molar-refractivity contribution is 0.0948. The van der Waals surface area contributed by atoms with Crippen LogP contribution < -0.4 is 5.32 Å². The quantitative estimate of drug-likeness (QED) is 0.786. The number of hydrogen-bond acceptors (Lipinski definition) is 5. The molecule has 7 nitrogen and oxygen atoms in total. The molecule has 106 valence electrons. The van der Waals surface area contributed by atoms with E-state index in [-0.39, 0.29) is 5.91 Å². The van der Waals surface area contributed by atoms with Gasteiger partial charge in [0.2, 0.25) is 0 Å². The molecule has 1 N–H and O–H groups in total. The van der Waals surface area contributed by atoms with Gasteiger partial charge >= 0.3 is 0 Å². The Morgan fingerprint density at radius 2 is 2.20 bits per heavy atom. The molecule has 0 radical (unpaired) electrons. The molecule has 0 atom stereocenters. The molecule has 0 saturated heterocycles. The van der Waals surface area contributed by atoms with Gasteiger partial charge in [-0.15, -0.1) is 5.10 Å². The van der Waals surface area contributed by atoms with Crippen LogP contribution in [0.25, 0.3) is 5.69 Å². The van der Waals surface area contributed by atoms with E-state index in [9.17, 15) is 4.79 Å². The summed E-state index contributed by atoms with van der Waals surface area (Å²) in [6.07, 6.45) is 0.772. The van der Waals surface area contributed by atoms with Gasteiger partial charge in [-0.3, -0.25) is 4.79 Å². The van der Waals surface area contributed by atoms with Gasteiger partial charge in [0.15, 0.2) is 5.82 Å². The minimum absolute atomic E-state index is 0.147. The highest BCUT2D eigenvalue weighted by molar-refractivity contribution is 5.97. The number of para-hydroxylation sites is 1. The summed E-state index contributed by atoms with van der Waals surface area (Å²) in [5.41, 5.74) is 1.21. The molecular weight excluding hydrogens is 258 g/mol. The van der Waals surface area contributed by atoms with Gasteiger partial charge in [0.1, 0.15) is 0 Å². The molecule has 1 aromatic heterocycles. The number of nitrogens with zero attached hydrogens (tertiary/aromatic N) is 4. The van der Waals surface area contributed by atoms with E-state index >= 15 is 0 Å². The first-order chi connectivity index (χ1) is 9.74. The van der Waals surface area contributed by atoms with Crippen LogP contribution in [0.5, 0.6) is 0 Å². The fourth-order valence-electron chi connectivity index (χ4n) is 1.82. The van der Waals surface area contributed by atoms with Crippen molar-refractivity contribution in [2.24, 2.45) is 0 Å². The van der Waals surface area contributed by atoms with Crippen molar-refractivity contribution in [3.8, 4) is 5.69 Å². The SMILES string of the molecule is COCCCNC(=O)c1ccccc1-n1nnnc1C. The van der Waals surface area contributed by atoms with Crippen molar-refractivity contribution in [3.63, 3.8) is 0 Å². The third kappa shape index (κ3) is 3.18. The predicted molar refractivity (Wildman–Crippen MR) is 72.7 cm³/mol. The Hall–Kier alpha value is -2.28. The molecule has 0 aliphatic rings. The molecule has 0 unspecified atom stereocenters. The van der Waals surface area contributed by atoms with Crippen molar-refractivity contribution in [2.45, 2.75) is 13.3 Å². The number of carbonyl (C=O) groups excluding carboxylic acids is 1. The molecule has 1 heterocycles. The average Bonchev–Trinajstić information content (AvgIpc) is 2.89. The van der Waals surface area contributed by atoms with Crippen LogP contribution in [-0.2, 0) is 4.74 Å². The third-order valence-electron chi connectivity index (χ3n) is 2.81. The number of aryl methyl sites for hydroxylation is 1. The number of tetrazole rings is 1. The zero-order valence-electron chi connectivity index (χ0n) is 11.5. The first-order valence-electron chi connectivity index (χ1n) is 6.35. The average molecular weight is 275 g/mol. The van der Waals surface area contributed by atoms with Crippen molar-refractivity contribution in [1.82, 2.24) is 25.5 Å². The maximum absolute atomic E-state index is 12.2. The molecule has 0 aliphatic heterocycles. The number of rotatable bonds is 6. The van der Waals surface area contributed by atoms with Gasteiger partial charge in [-0.25, -0.2) is 0 Å². The second-order valence-electron chi connectivity index (χ2n) is 4.26. The monoisotopic (exact) mass is 275 g/mol. The van der Waals surface area contributed by atoms with Gasteiger partial charge in [0.25, 0.3) is 5.91 Å². The van der Waals surface area contributed by atoms with E-state index in [1.807, 2.05) is 18.2 Å². The standard InChI is InChI=1S/C13H17N5O2/c1-10-15-16-17-18(10)12-7-4-3-6-11(12)13(19)14-8-5-9-20-2/h3-4,6-7H,5,8-9H2,1-2H3,(H,14,19). The molecule has 0 aliphatic carbocycles. The van der Waals surface area contributed by atoms with Gasteiger partial charge in [-0.2, -0.15) is 4.68 Å². The number of hydrogen-bond donors (Lipinski definition) is 1. The van der Waals surface area contributed by atoms with Crippen LogP contribution in [0.2, 0.25) is 0 Å². The van der Waals surface area contributed by atoms with Gasteiger partial charge in [0.05, 0.1) is 11.3 Å². The number of methoxy groups -OCH3 is 1. The van der Waals surface area contributed by atoms with E-state index in [0.29, 0.717) is 30.2 Å². The zero-order chi connectivity index (χ0) is 14.4. The summed E-state index contributed by atoms with van der Waals surface area (Å²) in [6, 6.07) is 7.22. The lowest BCUT2D eigenvalue weighted by atomic mass is 10.1. The highest BCUT2D eigenvalue weighted by atomic mass is 16.5. The fraction of sp³-hybridized carbons (Fsp3) is 0.385. The van der Waals surface area contributed by atoms with Crippen LogP contribution in [0.3, 0.4) is 0 Å². The lowest BCUT2D eigenvalue weighted by Gasteiger charge is -2.10. The van der Waals surface area contributed by atoms with Crippen molar-refractivity contribution < 1.29 is 9.53 Å². The maximum Gasteiger partial charge on any atom is 0.253 e. The van der Waals surface area contributed by atoms with E-state index < -0.39 is 0 Å². The Balaban J connectivity index is 2.16. The summed E-state index contributed by atoms with van der Waals surface area (Å²) in [4.78, 5) is 12.2. The summed E-state index contributed by atoms with van der Waals surface area (Å²) >= 11 is 0. The zero-order valence-corrected chi connectivity index (χ0v) is 11.5. The maximum atomic E-state index is 12.2. The Labute approximate surface area is 116 Å². The number of amides is 1. The molecule has 2 aromatic rings. The van der Waals surface area contributed by atoms with Crippen molar-refractivity contribution in [1.29, 1.82) is 0 Å². The van der Waals surface area contributed by atoms with E-state index in [2.05, 4.69) is 20.8 Å². The van der Waals surface area contributed by atoms with Crippen LogP contribution >= 0.6 is 0 Å². The van der Waals surface area contributed by atoms with Crippen LogP contribution in [0.1, 0.15) is 22.6 Å². The van der Waals surface area contributed by atoms with Crippen LogP contribution in [-0.4, -0.2) is 46.4 Å². The molecular formula is C13H17N5O2. The summed E-state index contributed by atoms with van der Waals surface area (Å²) in [5.74, 6) is 0.483. The first kappa shape index (κ1) is 14.1. The Kier molecular flexibility index (Phi) is 4.78. The summed E-state index contributed by atoms with van der Waals surface area (Å²) in [6.45, 7) is 2.97. The third-order valence-corrected chi connectivity index (χ3v) is 2.81. The number of benzene rings is 1. The number of nitrogens with one attached hydrogen (secondary N) is 1. The molecule has 7 heteroatoms. The molecule has 20 heavy (non-hydrogen) atoms. The fourth-order valence-corrected chi connectivity index (χ4v) is 1.82. The topological polar surface area (TPSA) is 81.9 Å². The van der Waals surface area contributed by atoms with E-state index in [4.69, 9.17) is 4.74 Å². The molecule has 0 saturated carbocycles. The van der Waals surface area contributed by atoms with Gasteiger partial charge in [-0.05, 0) is 35.9 Å². The normalized spacial score (nSPS) is 10.5. The Morgan fingerprint density at radius 1 is 1.40 bits per heavy atom. The minimum atomic E-state index is -0.147. The largest absolute Gasteiger partial charge is 0.385 e. The van der Waals surface area contributed by atoms with Gasteiger partial charge in [0, 0.05) is 20.3 Å². The smallest absolute Gasteiger partial charge is 0.253 e. The molecule has 0 fully saturated rings. The van der Waals surface area contributed by atoms with Gasteiger partial charge < -0.3 is 10.1 Å². The van der Waals surface area contributed by atoms with Crippen molar-refractivity contribution in [3.05, 3.63) is 35.7 Å². The highest BCUT2D eigenvalue weighted by Gasteiger charge is 2.14. The Bertz CT molecular complexity index is 582. The minimum Gasteiger partial charge on any atom is -0.385 e. The second kappa shape index (κ2) is 6.76. The molecule has 1 aromatic carbocycles. The summed E-state index contributed by atoms with van der Waals surface area (Å²) in [7, 11) is 1.64. The van der Waals surface area contributed by atoms with Gasteiger partial charge in [-0.1, -0.05) is 12.1 Å². The number of ether oxygens (including phenoxy) is 1. The number of aromatic nitrogens is 4. The van der Waals surface area contributed by atoms with E-state index in [0.717, 1.165) is 6.42 Å². The molecule has 2 rings (SSSR count). The molecule has 0 spiro atoms. The van der Waals surface area contributed by atoms with E-state index in [1.165, 1.54) is 0 Å². The van der Waals surface area contributed by atoms with E-state index in [1.54, 1.807) is 24.8 Å². The van der Waals surface area contributed by atoms with Crippen molar-refractivity contribution in [2.75, 3.05) is 20.3 Å². The predicted octanol–water partition coefficient (Wildman–Crippen LogP) is 0.737. The first-order valence-corrected chi connectivity index (χ1v) is 6.35.